The number of amides is 2. The molecule has 1 aliphatic heterocycles. The topological polar surface area (TPSA) is 61.4 Å². The number of thiophene rings is 1. The summed E-state index contributed by atoms with van der Waals surface area (Å²) in [4.78, 5) is 28.2. The summed E-state index contributed by atoms with van der Waals surface area (Å²) >= 11 is 7.52. The number of rotatable bonds is 5. The summed E-state index contributed by atoms with van der Waals surface area (Å²) in [5.41, 5.74) is 3.23. The monoisotopic (exact) mass is 439 g/mol. The molecule has 0 spiro atoms. The SMILES string of the molecule is O=C(NC[C@H](c1cccs1)N1CCc2ccccc2C1)C(=O)Nc1ccc(Cl)cc1. The molecule has 0 fully saturated rings. The summed E-state index contributed by atoms with van der Waals surface area (Å²) in [6, 6.07) is 19.2. The van der Waals surface area contributed by atoms with Crippen molar-refractivity contribution in [3.63, 3.8) is 0 Å². The predicted molar refractivity (Wildman–Crippen MR) is 121 cm³/mol. The Bertz CT molecular complexity index is 1020. The second kappa shape index (κ2) is 9.43. The maximum absolute atomic E-state index is 12.4. The van der Waals surface area contributed by atoms with Crippen molar-refractivity contribution in [3.8, 4) is 0 Å². The van der Waals surface area contributed by atoms with E-state index in [0.29, 0.717) is 17.3 Å². The minimum absolute atomic E-state index is 0.0191. The minimum atomic E-state index is -0.689. The van der Waals surface area contributed by atoms with Gasteiger partial charge < -0.3 is 10.6 Å². The Labute approximate surface area is 184 Å². The van der Waals surface area contributed by atoms with Crippen molar-refractivity contribution in [2.75, 3.05) is 18.4 Å². The molecule has 0 aliphatic carbocycles. The van der Waals surface area contributed by atoms with E-state index >= 15 is 0 Å². The van der Waals surface area contributed by atoms with E-state index in [1.165, 1.54) is 16.0 Å². The Morgan fingerprint density at radius 1 is 1.00 bits per heavy atom. The lowest BCUT2D eigenvalue weighted by Gasteiger charge is -2.35. The van der Waals surface area contributed by atoms with Gasteiger partial charge in [0.2, 0.25) is 0 Å². The third kappa shape index (κ3) is 4.90. The van der Waals surface area contributed by atoms with Crippen LogP contribution in [0.15, 0.2) is 66.0 Å². The van der Waals surface area contributed by atoms with Gasteiger partial charge in [-0.15, -0.1) is 11.3 Å². The van der Waals surface area contributed by atoms with Crippen LogP contribution in [0.4, 0.5) is 5.69 Å². The highest BCUT2D eigenvalue weighted by Gasteiger charge is 2.26. The lowest BCUT2D eigenvalue weighted by Crippen LogP contribution is -2.43. The molecule has 0 saturated heterocycles. The van der Waals surface area contributed by atoms with Gasteiger partial charge in [-0.25, -0.2) is 0 Å². The number of nitrogens with zero attached hydrogens (tertiary/aromatic N) is 1. The van der Waals surface area contributed by atoms with Crippen molar-refractivity contribution < 1.29 is 9.59 Å². The Morgan fingerprint density at radius 2 is 1.77 bits per heavy atom. The first kappa shape index (κ1) is 20.6. The summed E-state index contributed by atoms with van der Waals surface area (Å²) in [6.45, 7) is 2.10. The summed E-state index contributed by atoms with van der Waals surface area (Å²) < 4.78 is 0. The van der Waals surface area contributed by atoms with Crippen LogP contribution in [0, 0.1) is 0 Å². The second-order valence-electron chi connectivity index (χ2n) is 7.19. The van der Waals surface area contributed by atoms with Gasteiger partial charge in [0.1, 0.15) is 0 Å². The van der Waals surface area contributed by atoms with Crippen molar-refractivity contribution in [3.05, 3.63) is 87.1 Å². The molecule has 2 heterocycles. The molecule has 7 heteroatoms. The van der Waals surface area contributed by atoms with Gasteiger partial charge in [0.25, 0.3) is 0 Å². The lowest BCUT2D eigenvalue weighted by atomic mass is 9.98. The Balaban J connectivity index is 1.41. The third-order valence-corrected chi connectivity index (χ3v) is 6.46. The number of hydrogen-bond acceptors (Lipinski definition) is 4. The number of hydrogen-bond donors (Lipinski definition) is 2. The minimum Gasteiger partial charge on any atom is -0.346 e. The fraction of sp³-hybridized carbons (Fsp3) is 0.217. The van der Waals surface area contributed by atoms with Gasteiger partial charge in [-0.2, -0.15) is 0 Å². The molecule has 0 saturated carbocycles. The van der Waals surface area contributed by atoms with Crippen molar-refractivity contribution in [2.45, 2.75) is 19.0 Å². The molecule has 5 nitrogen and oxygen atoms in total. The third-order valence-electron chi connectivity index (χ3n) is 5.24. The maximum Gasteiger partial charge on any atom is 0.313 e. The molecule has 0 bridgehead atoms. The largest absolute Gasteiger partial charge is 0.346 e. The molecule has 2 aromatic carbocycles. The zero-order chi connectivity index (χ0) is 20.9. The zero-order valence-corrected chi connectivity index (χ0v) is 17.9. The number of anilines is 1. The fourth-order valence-corrected chi connectivity index (χ4v) is 4.65. The molecule has 1 atom stereocenters. The molecule has 2 N–H and O–H groups in total. The van der Waals surface area contributed by atoms with E-state index in [2.05, 4.69) is 45.9 Å². The highest BCUT2D eigenvalue weighted by Crippen LogP contribution is 2.30. The molecule has 2 amide bonds. The molecule has 3 aromatic rings. The van der Waals surface area contributed by atoms with Gasteiger partial charge in [0, 0.05) is 35.2 Å². The van der Waals surface area contributed by atoms with Crippen molar-refractivity contribution in [1.29, 1.82) is 0 Å². The average molecular weight is 440 g/mol. The number of nitrogens with one attached hydrogen (secondary N) is 2. The van der Waals surface area contributed by atoms with Gasteiger partial charge in [-0.05, 0) is 53.3 Å². The first-order chi connectivity index (χ1) is 14.6. The summed E-state index contributed by atoms with van der Waals surface area (Å²) in [5.74, 6) is -1.34. The van der Waals surface area contributed by atoms with E-state index < -0.39 is 11.8 Å². The Kier molecular flexibility index (Phi) is 6.47. The Morgan fingerprint density at radius 3 is 2.50 bits per heavy atom. The highest BCUT2D eigenvalue weighted by atomic mass is 35.5. The maximum atomic E-state index is 12.4. The molecule has 1 aliphatic rings. The highest BCUT2D eigenvalue weighted by molar-refractivity contribution is 7.10. The van der Waals surface area contributed by atoms with Gasteiger partial charge in [-0.1, -0.05) is 41.9 Å². The van der Waals surface area contributed by atoms with Crippen LogP contribution in [0.2, 0.25) is 5.02 Å². The molecule has 30 heavy (non-hydrogen) atoms. The van der Waals surface area contributed by atoms with E-state index in [-0.39, 0.29) is 6.04 Å². The van der Waals surface area contributed by atoms with Crippen LogP contribution >= 0.6 is 22.9 Å². The van der Waals surface area contributed by atoms with E-state index in [9.17, 15) is 9.59 Å². The van der Waals surface area contributed by atoms with Crippen LogP contribution in [0.25, 0.3) is 0 Å². The van der Waals surface area contributed by atoms with Crippen molar-refractivity contribution in [1.82, 2.24) is 10.2 Å². The molecule has 4 rings (SSSR count). The van der Waals surface area contributed by atoms with Crippen LogP contribution in [0.5, 0.6) is 0 Å². The smallest absolute Gasteiger partial charge is 0.313 e. The van der Waals surface area contributed by atoms with E-state index in [1.54, 1.807) is 35.6 Å². The van der Waals surface area contributed by atoms with Gasteiger partial charge in [-0.3, -0.25) is 14.5 Å². The molecule has 1 aromatic heterocycles. The van der Waals surface area contributed by atoms with Crippen LogP contribution < -0.4 is 10.6 Å². The first-order valence-corrected chi connectivity index (χ1v) is 11.0. The number of benzene rings is 2. The number of carbonyl (C=O) groups is 2. The summed E-state index contributed by atoms with van der Waals surface area (Å²) in [7, 11) is 0. The van der Waals surface area contributed by atoms with Gasteiger partial charge >= 0.3 is 11.8 Å². The van der Waals surface area contributed by atoms with Crippen LogP contribution in [0.3, 0.4) is 0 Å². The van der Waals surface area contributed by atoms with Crippen LogP contribution in [0.1, 0.15) is 22.0 Å². The predicted octanol–water partition coefficient (Wildman–Crippen LogP) is 4.26. The molecular weight excluding hydrogens is 418 g/mol. The van der Waals surface area contributed by atoms with Crippen molar-refractivity contribution in [2.24, 2.45) is 0 Å². The normalized spacial score (nSPS) is 14.6. The molecular formula is C23H22ClN3O2S. The van der Waals surface area contributed by atoms with Gasteiger partial charge in [0.05, 0.1) is 6.04 Å². The van der Waals surface area contributed by atoms with Gasteiger partial charge in [0.15, 0.2) is 0 Å². The molecule has 0 unspecified atom stereocenters. The van der Waals surface area contributed by atoms with E-state index in [4.69, 9.17) is 11.6 Å². The summed E-state index contributed by atoms with van der Waals surface area (Å²) in [6.07, 6.45) is 0.975. The van der Waals surface area contributed by atoms with Crippen LogP contribution in [-0.4, -0.2) is 29.8 Å². The molecule has 0 radical (unpaired) electrons. The first-order valence-electron chi connectivity index (χ1n) is 9.79. The lowest BCUT2D eigenvalue weighted by molar-refractivity contribution is -0.136. The second-order valence-corrected chi connectivity index (χ2v) is 8.61. The van der Waals surface area contributed by atoms with E-state index in [0.717, 1.165) is 19.5 Å². The standard InChI is InChI=1S/C23H22ClN3O2S/c24-18-7-9-19(10-8-18)26-23(29)22(28)25-14-20(21-6-3-13-30-21)27-12-11-16-4-1-2-5-17(16)15-27/h1-10,13,20H,11-12,14-15H2,(H,25,28)(H,26,29)/t20-/m1/s1. The molecule has 154 valence electrons. The number of fused-ring (bicyclic) bond motifs is 1. The van der Waals surface area contributed by atoms with Crippen LogP contribution in [-0.2, 0) is 22.6 Å². The van der Waals surface area contributed by atoms with E-state index in [1.807, 2.05) is 11.4 Å². The quantitative estimate of drug-likeness (QED) is 0.584. The number of carbonyl (C=O) groups excluding carboxylic acids is 2. The summed E-state index contributed by atoms with van der Waals surface area (Å²) in [5, 5.41) is 8.02. The zero-order valence-electron chi connectivity index (χ0n) is 16.3. The fourth-order valence-electron chi connectivity index (χ4n) is 3.66. The number of halogens is 1. The Hall–Kier alpha value is -2.67. The average Bonchev–Trinajstić information content (AvgIpc) is 3.30. The van der Waals surface area contributed by atoms with Crippen molar-refractivity contribution >= 4 is 40.4 Å².